The Balaban J connectivity index is 1.93. The molecule has 5 heteroatoms. The van der Waals surface area contributed by atoms with E-state index in [2.05, 4.69) is 30.7 Å². The first-order valence-corrected chi connectivity index (χ1v) is 7.13. The normalized spacial score (nSPS) is 15.0. The Labute approximate surface area is 113 Å². The van der Waals surface area contributed by atoms with Gasteiger partial charge in [0.25, 0.3) is 0 Å². The van der Waals surface area contributed by atoms with Gasteiger partial charge in [0.1, 0.15) is 17.5 Å². The maximum atomic E-state index is 13.6. The van der Waals surface area contributed by atoms with Crippen LogP contribution in [0.3, 0.4) is 0 Å². The summed E-state index contributed by atoms with van der Waals surface area (Å²) < 4.78 is 15.8. The molecular formula is C13H13BrFN3. The number of halogens is 2. The molecule has 3 rings (SSSR count). The summed E-state index contributed by atoms with van der Waals surface area (Å²) in [5.74, 6) is 1.61. The fraction of sp³-hybridized carbons (Fsp3) is 0.385. The third kappa shape index (κ3) is 2.19. The maximum absolute atomic E-state index is 13.6. The van der Waals surface area contributed by atoms with Crippen molar-refractivity contribution in [3.8, 4) is 0 Å². The Bertz CT molecular complexity index is 563. The first-order chi connectivity index (χ1) is 8.79. The van der Waals surface area contributed by atoms with Gasteiger partial charge >= 0.3 is 0 Å². The molecule has 1 fully saturated rings. The van der Waals surface area contributed by atoms with E-state index in [0.29, 0.717) is 23.4 Å². The molecule has 1 aromatic heterocycles. The Kier molecular flexibility index (Phi) is 3.16. The summed E-state index contributed by atoms with van der Waals surface area (Å²) in [5, 5.41) is 9.05. The van der Waals surface area contributed by atoms with Crippen LogP contribution in [0, 0.1) is 5.82 Å². The molecule has 0 saturated heterocycles. The molecule has 0 bridgehead atoms. The van der Waals surface area contributed by atoms with Crippen LogP contribution in [0.5, 0.6) is 0 Å². The predicted octanol–water partition coefficient (Wildman–Crippen LogP) is 3.24. The van der Waals surface area contributed by atoms with Gasteiger partial charge in [0, 0.05) is 12.5 Å². The van der Waals surface area contributed by atoms with Gasteiger partial charge in [-0.25, -0.2) is 4.39 Å². The number of hydrogen-bond donors (Lipinski definition) is 0. The zero-order valence-corrected chi connectivity index (χ0v) is 11.4. The number of nitrogens with zero attached hydrogens (tertiary/aromatic N) is 3. The topological polar surface area (TPSA) is 30.7 Å². The predicted molar refractivity (Wildman–Crippen MR) is 70.1 cm³/mol. The zero-order chi connectivity index (χ0) is 12.5. The molecule has 1 saturated carbocycles. The number of aromatic nitrogens is 3. The van der Waals surface area contributed by atoms with E-state index in [4.69, 9.17) is 0 Å². The van der Waals surface area contributed by atoms with Crippen LogP contribution < -0.4 is 0 Å². The lowest BCUT2D eigenvalue weighted by Crippen LogP contribution is -2.06. The molecule has 1 aliphatic rings. The van der Waals surface area contributed by atoms with Crippen LogP contribution in [0.25, 0.3) is 0 Å². The molecule has 0 unspecified atom stereocenters. The lowest BCUT2D eigenvalue weighted by molar-refractivity contribution is 0.605. The van der Waals surface area contributed by atoms with Crippen molar-refractivity contribution in [2.24, 2.45) is 0 Å². The molecule has 0 aliphatic heterocycles. The summed E-state index contributed by atoms with van der Waals surface area (Å²) in [6.07, 6.45) is 2.84. The first kappa shape index (κ1) is 11.8. The van der Waals surface area contributed by atoms with E-state index < -0.39 is 0 Å². The van der Waals surface area contributed by atoms with Gasteiger partial charge in [0.05, 0.1) is 5.33 Å². The van der Waals surface area contributed by atoms with Crippen molar-refractivity contribution in [2.45, 2.75) is 30.6 Å². The van der Waals surface area contributed by atoms with E-state index in [-0.39, 0.29) is 5.82 Å². The van der Waals surface area contributed by atoms with Crippen molar-refractivity contribution in [3.63, 3.8) is 0 Å². The SMILES string of the molecule is Fc1ccccc1Cc1nnc(CBr)n1C1CC1. The summed E-state index contributed by atoms with van der Waals surface area (Å²) in [6.45, 7) is 0. The van der Waals surface area contributed by atoms with Crippen LogP contribution in [0.1, 0.15) is 36.1 Å². The minimum atomic E-state index is -0.178. The Morgan fingerprint density at radius 2 is 1.94 bits per heavy atom. The maximum Gasteiger partial charge on any atom is 0.143 e. The van der Waals surface area contributed by atoms with Gasteiger partial charge in [-0.2, -0.15) is 0 Å². The van der Waals surface area contributed by atoms with E-state index in [1.807, 2.05) is 6.07 Å². The molecule has 18 heavy (non-hydrogen) atoms. The van der Waals surface area contributed by atoms with Crippen molar-refractivity contribution in [1.82, 2.24) is 14.8 Å². The van der Waals surface area contributed by atoms with E-state index >= 15 is 0 Å². The summed E-state index contributed by atoms with van der Waals surface area (Å²) >= 11 is 3.42. The van der Waals surface area contributed by atoms with Gasteiger partial charge in [-0.15, -0.1) is 10.2 Å². The van der Waals surface area contributed by atoms with E-state index in [1.54, 1.807) is 12.1 Å². The highest BCUT2D eigenvalue weighted by Gasteiger charge is 2.29. The zero-order valence-electron chi connectivity index (χ0n) is 9.81. The highest BCUT2D eigenvalue weighted by Crippen LogP contribution is 2.37. The van der Waals surface area contributed by atoms with Crippen molar-refractivity contribution < 1.29 is 4.39 Å². The quantitative estimate of drug-likeness (QED) is 0.812. The highest BCUT2D eigenvalue weighted by molar-refractivity contribution is 9.08. The molecule has 0 atom stereocenters. The van der Waals surface area contributed by atoms with Gasteiger partial charge in [-0.1, -0.05) is 34.1 Å². The van der Waals surface area contributed by atoms with Crippen LogP contribution in [0.2, 0.25) is 0 Å². The van der Waals surface area contributed by atoms with Crippen LogP contribution >= 0.6 is 15.9 Å². The van der Waals surface area contributed by atoms with Gasteiger partial charge < -0.3 is 4.57 Å². The smallest absolute Gasteiger partial charge is 0.143 e. The summed E-state index contributed by atoms with van der Waals surface area (Å²) in [6, 6.07) is 7.35. The largest absolute Gasteiger partial charge is 0.311 e. The van der Waals surface area contributed by atoms with Gasteiger partial charge in [0.15, 0.2) is 0 Å². The van der Waals surface area contributed by atoms with Gasteiger partial charge in [0.2, 0.25) is 0 Å². The second-order valence-electron chi connectivity index (χ2n) is 4.54. The molecule has 3 nitrogen and oxygen atoms in total. The lowest BCUT2D eigenvalue weighted by Gasteiger charge is -2.08. The monoisotopic (exact) mass is 309 g/mol. The van der Waals surface area contributed by atoms with Crippen molar-refractivity contribution in [2.75, 3.05) is 0 Å². The van der Waals surface area contributed by atoms with Crippen molar-refractivity contribution in [3.05, 3.63) is 47.3 Å². The Morgan fingerprint density at radius 1 is 1.22 bits per heavy atom. The number of alkyl halides is 1. The third-order valence-electron chi connectivity index (χ3n) is 3.17. The summed E-state index contributed by atoms with van der Waals surface area (Å²) in [4.78, 5) is 0. The molecule has 0 radical (unpaired) electrons. The number of rotatable bonds is 4. The standard InChI is InChI=1S/C13H13BrFN3/c14-8-13-17-16-12(18(13)10-5-6-10)7-9-3-1-2-4-11(9)15/h1-4,10H,5-8H2. The van der Waals surface area contributed by atoms with Gasteiger partial charge in [-0.05, 0) is 24.5 Å². The average Bonchev–Trinajstić information content (AvgIpc) is 3.14. The van der Waals surface area contributed by atoms with Crippen molar-refractivity contribution >= 4 is 15.9 Å². The van der Waals surface area contributed by atoms with Crippen LogP contribution in [-0.4, -0.2) is 14.8 Å². The molecule has 1 heterocycles. The summed E-state index contributed by atoms with van der Waals surface area (Å²) in [5.41, 5.74) is 0.674. The minimum absolute atomic E-state index is 0.178. The van der Waals surface area contributed by atoms with E-state index in [9.17, 15) is 4.39 Å². The Morgan fingerprint density at radius 3 is 2.61 bits per heavy atom. The van der Waals surface area contributed by atoms with E-state index in [1.165, 1.54) is 18.9 Å². The molecule has 1 aromatic carbocycles. The molecular weight excluding hydrogens is 297 g/mol. The van der Waals surface area contributed by atoms with Crippen LogP contribution in [0.4, 0.5) is 4.39 Å². The molecule has 0 spiro atoms. The number of benzene rings is 1. The molecule has 2 aromatic rings. The second-order valence-corrected chi connectivity index (χ2v) is 5.10. The molecule has 0 N–H and O–H groups in total. The fourth-order valence-corrected chi connectivity index (χ4v) is 2.52. The van der Waals surface area contributed by atoms with Crippen molar-refractivity contribution in [1.29, 1.82) is 0 Å². The number of hydrogen-bond acceptors (Lipinski definition) is 2. The third-order valence-corrected chi connectivity index (χ3v) is 3.68. The molecule has 94 valence electrons. The highest BCUT2D eigenvalue weighted by atomic mass is 79.9. The van der Waals surface area contributed by atoms with Crippen LogP contribution in [-0.2, 0) is 11.8 Å². The van der Waals surface area contributed by atoms with Crippen LogP contribution in [0.15, 0.2) is 24.3 Å². The Hall–Kier alpha value is -1.23. The fourth-order valence-electron chi connectivity index (χ4n) is 2.14. The molecule has 0 amide bonds. The molecule has 1 aliphatic carbocycles. The van der Waals surface area contributed by atoms with E-state index in [0.717, 1.165) is 11.6 Å². The van der Waals surface area contributed by atoms with Gasteiger partial charge in [-0.3, -0.25) is 0 Å². The average molecular weight is 310 g/mol. The summed E-state index contributed by atoms with van der Waals surface area (Å²) in [7, 11) is 0. The second kappa shape index (κ2) is 4.80. The first-order valence-electron chi connectivity index (χ1n) is 6.01. The lowest BCUT2D eigenvalue weighted by atomic mass is 10.1. The minimum Gasteiger partial charge on any atom is -0.311 e.